The van der Waals surface area contributed by atoms with Gasteiger partial charge in [-0.25, -0.2) is 0 Å². The van der Waals surface area contributed by atoms with E-state index in [1.807, 2.05) is 36.4 Å². The van der Waals surface area contributed by atoms with Crippen molar-refractivity contribution in [1.82, 2.24) is 0 Å². The van der Waals surface area contributed by atoms with Crippen molar-refractivity contribution in [2.24, 2.45) is 5.90 Å². The maximum absolute atomic E-state index is 5.19. The van der Waals surface area contributed by atoms with Gasteiger partial charge in [-0.05, 0) is 35.4 Å². The van der Waals surface area contributed by atoms with Crippen molar-refractivity contribution >= 4 is 0 Å². The van der Waals surface area contributed by atoms with Crippen LogP contribution in [-0.4, -0.2) is 7.11 Å². The summed E-state index contributed by atoms with van der Waals surface area (Å²) in [4.78, 5) is 4.70. The summed E-state index contributed by atoms with van der Waals surface area (Å²) in [5, 5.41) is 0. The zero-order chi connectivity index (χ0) is 13.9. The van der Waals surface area contributed by atoms with E-state index in [1.165, 1.54) is 11.1 Å². The number of benzene rings is 2. The van der Waals surface area contributed by atoms with Crippen molar-refractivity contribution < 1.29 is 9.57 Å². The molecule has 0 fully saturated rings. The highest BCUT2D eigenvalue weighted by atomic mass is 16.6. The SMILES string of the molecule is COc1ccc(C(C)(C)c2ccc(ON)cc2)cc1. The molecule has 0 atom stereocenters. The van der Waals surface area contributed by atoms with Crippen molar-refractivity contribution in [2.75, 3.05) is 7.11 Å². The molecule has 19 heavy (non-hydrogen) atoms. The Morgan fingerprint density at radius 3 is 1.58 bits per heavy atom. The Balaban J connectivity index is 2.33. The van der Waals surface area contributed by atoms with Gasteiger partial charge in [0.05, 0.1) is 7.11 Å². The van der Waals surface area contributed by atoms with Gasteiger partial charge in [0.25, 0.3) is 0 Å². The molecule has 0 radical (unpaired) electrons. The molecule has 0 saturated heterocycles. The topological polar surface area (TPSA) is 44.5 Å². The van der Waals surface area contributed by atoms with E-state index in [2.05, 4.69) is 26.0 Å². The molecule has 2 aromatic carbocycles. The molecule has 0 aromatic heterocycles. The predicted octanol–water partition coefficient (Wildman–Crippen LogP) is 3.27. The molecule has 3 heteroatoms. The van der Waals surface area contributed by atoms with E-state index in [0.717, 1.165) is 5.75 Å². The number of hydrogen-bond donors (Lipinski definition) is 1. The minimum atomic E-state index is -0.0839. The van der Waals surface area contributed by atoms with Crippen LogP contribution in [-0.2, 0) is 5.41 Å². The lowest BCUT2D eigenvalue weighted by molar-refractivity contribution is 0.334. The Kier molecular flexibility index (Phi) is 3.76. The molecule has 0 aliphatic heterocycles. The first kappa shape index (κ1) is 13.4. The largest absolute Gasteiger partial charge is 0.497 e. The summed E-state index contributed by atoms with van der Waals surface area (Å²) < 4.78 is 5.19. The lowest BCUT2D eigenvalue weighted by Gasteiger charge is -2.26. The molecule has 2 N–H and O–H groups in total. The summed E-state index contributed by atoms with van der Waals surface area (Å²) >= 11 is 0. The van der Waals surface area contributed by atoms with Crippen LogP contribution in [0.15, 0.2) is 48.5 Å². The van der Waals surface area contributed by atoms with Crippen molar-refractivity contribution in [3.05, 3.63) is 59.7 Å². The minimum absolute atomic E-state index is 0.0839. The van der Waals surface area contributed by atoms with E-state index in [-0.39, 0.29) is 5.41 Å². The summed E-state index contributed by atoms with van der Waals surface area (Å²) in [6, 6.07) is 16.0. The first-order chi connectivity index (χ1) is 9.07. The lowest BCUT2D eigenvalue weighted by atomic mass is 9.78. The Labute approximate surface area is 113 Å². The molecule has 3 nitrogen and oxygen atoms in total. The molecule has 0 aliphatic carbocycles. The van der Waals surface area contributed by atoms with E-state index < -0.39 is 0 Å². The lowest BCUT2D eigenvalue weighted by Crippen LogP contribution is -2.18. The van der Waals surface area contributed by atoms with Crippen LogP contribution in [0.5, 0.6) is 11.5 Å². The Bertz CT molecular complexity index is 480. The Morgan fingerprint density at radius 1 is 0.789 bits per heavy atom. The van der Waals surface area contributed by atoms with Gasteiger partial charge in [0.2, 0.25) is 0 Å². The summed E-state index contributed by atoms with van der Waals surface area (Å²) in [5.41, 5.74) is 2.35. The molecular formula is C16H19NO2. The molecule has 100 valence electrons. The van der Waals surface area contributed by atoms with E-state index in [0.29, 0.717) is 5.75 Å². The van der Waals surface area contributed by atoms with Crippen LogP contribution in [0.3, 0.4) is 0 Å². The van der Waals surface area contributed by atoms with E-state index in [1.54, 1.807) is 7.11 Å². The van der Waals surface area contributed by atoms with Gasteiger partial charge >= 0.3 is 0 Å². The van der Waals surface area contributed by atoms with E-state index in [4.69, 9.17) is 15.5 Å². The molecule has 0 aliphatic rings. The molecule has 0 spiro atoms. The third kappa shape index (κ3) is 2.71. The molecule has 0 unspecified atom stereocenters. The second-order valence-corrected chi connectivity index (χ2v) is 5.00. The van der Waals surface area contributed by atoms with Crippen molar-refractivity contribution in [2.45, 2.75) is 19.3 Å². The molecular weight excluding hydrogens is 238 g/mol. The number of rotatable bonds is 4. The quantitative estimate of drug-likeness (QED) is 0.855. The predicted molar refractivity (Wildman–Crippen MR) is 76.4 cm³/mol. The molecule has 2 rings (SSSR count). The van der Waals surface area contributed by atoms with Crippen molar-refractivity contribution in [1.29, 1.82) is 0 Å². The Morgan fingerprint density at radius 2 is 1.21 bits per heavy atom. The van der Waals surface area contributed by atoms with Crippen LogP contribution in [0.2, 0.25) is 0 Å². The summed E-state index contributed by atoms with van der Waals surface area (Å²) in [7, 11) is 1.67. The van der Waals surface area contributed by atoms with Gasteiger partial charge in [-0.2, -0.15) is 5.90 Å². The van der Waals surface area contributed by atoms with Gasteiger partial charge in [-0.3, -0.25) is 0 Å². The number of methoxy groups -OCH3 is 1. The summed E-state index contributed by atoms with van der Waals surface area (Å²) in [6.07, 6.45) is 0. The zero-order valence-corrected chi connectivity index (χ0v) is 11.5. The third-order valence-corrected chi connectivity index (χ3v) is 3.52. The average Bonchev–Trinajstić information content (AvgIpc) is 2.47. The second kappa shape index (κ2) is 5.33. The first-order valence-corrected chi connectivity index (χ1v) is 6.19. The molecule has 0 bridgehead atoms. The molecule has 0 saturated carbocycles. The van der Waals surface area contributed by atoms with E-state index in [9.17, 15) is 0 Å². The normalized spacial score (nSPS) is 11.2. The molecule has 2 aromatic rings. The monoisotopic (exact) mass is 257 g/mol. The second-order valence-electron chi connectivity index (χ2n) is 5.00. The van der Waals surface area contributed by atoms with Crippen molar-refractivity contribution in [3.8, 4) is 11.5 Å². The van der Waals surface area contributed by atoms with Crippen LogP contribution in [0.25, 0.3) is 0 Å². The van der Waals surface area contributed by atoms with Gasteiger partial charge in [0.1, 0.15) is 11.5 Å². The number of nitrogens with two attached hydrogens (primary N) is 1. The first-order valence-electron chi connectivity index (χ1n) is 6.19. The minimum Gasteiger partial charge on any atom is -0.497 e. The van der Waals surface area contributed by atoms with Crippen LogP contribution in [0, 0.1) is 0 Å². The maximum atomic E-state index is 5.19. The molecule has 0 amide bonds. The van der Waals surface area contributed by atoms with Gasteiger partial charge in [0.15, 0.2) is 0 Å². The smallest absolute Gasteiger partial charge is 0.146 e. The third-order valence-electron chi connectivity index (χ3n) is 3.52. The van der Waals surface area contributed by atoms with Gasteiger partial charge in [0, 0.05) is 5.41 Å². The molecule has 0 heterocycles. The highest BCUT2D eigenvalue weighted by molar-refractivity contribution is 5.41. The fourth-order valence-corrected chi connectivity index (χ4v) is 2.12. The Hall–Kier alpha value is -2.00. The fraction of sp³-hybridized carbons (Fsp3) is 0.250. The highest BCUT2D eigenvalue weighted by Gasteiger charge is 2.22. The standard InChI is InChI=1S/C16H19NO2/c1-16(2,12-4-8-14(18-3)9-5-12)13-6-10-15(19-17)11-7-13/h4-11H,17H2,1-3H3. The highest BCUT2D eigenvalue weighted by Crippen LogP contribution is 2.33. The van der Waals surface area contributed by atoms with Gasteiger partial charge < -0.3 is 9.57 Å². The summed E-state index contributed by atoms with van der Waals surface area (Å²) in [6.45, 7) is 4.38. The zero-order valence-electron chi connectivity index (χ0n) is 11.5. The van der Waals surface area contributed by atoms with Crippen LogP contribution in [0.4, 0.5) is 0 Å². The summed E-state index contributed by atoms with van der Waals surface area (Å²) in [5.74, 6) is 6.67. The van der Waals surface area contributed by atoms with Gasteiger partial charge in [-0.15, -0.1) is 0 Å². The fourth-order valence-electron chi connectivity index (χ4n) is 2.12. The maximum Gasteiger partial charge on any atom is 0.146 e. The number of ether oxygens (including phenoxy) is 1. The van der Waals surface area contributed by atoms with Crippen LogP contribution in [0.1, 0.15) is 25.0 Å². The van der Waals surface area contributed by atoms with Crippen molar-refractivity contribution in [3.63, 3.8) is 0 Å². The van der Waals surface area contributed by atoms with Crippen LogP contribution < -0.4 is 15.5 Å². The average molecular weight is 257 g/mol. The number of hydrogen-bond acceptors (Lipinski definition) is 3. The van der Waals surface area contributed by atoms with Gasteiger partial charge in [-0.1, -0.05) is 38.1 Å². The van der Waals surface area contributed by atoms with E-state index >= 15 is 0 Å². The van der Waals surface area contributed by atoms with Crippen LogP contribution >= 0.6 is 0 Å².